The molecule has 0 aromatic carbocycles. The Morgan fingerprint density at radius 3 is 2.20 bits per heavy atom. The highest BCUT2D eigenvalue weighted by atomic mass is 16.5. The molecule has 0 aromatic rings. The van der Waals surface area contributed by atoms with Gasteiger partial charge in [0.25, 0.3) is 0 Å². The van der Waals surface area contributed by atoms with Crippen LogP contribution in [0.5, 0.6) is 0 Å². The summed E-state index contributed by atoms with van der Waals surface area (Å²) in [5.74, 6) is -0.407. The van der Waals surface area contributed by atoms with Gasteiger partial charge in [0.2, 0.25) is 5.91 Å². The van der Waals surface area contributed by atoms with Gasteiger partial charge in [-0.3, -0.25) is 14.9 Å². The average Bonchev–Trinajstić information content (AvgIpc) is 2.11. The number of nitrogens with zero attached hydrogens (tertiary/aromatic N) is 1. The predicted molar refractivity (Wildman–Crippen MR) is 57.4 cm³/mol. The van der Waals surface area contributed by atoms with E-state index in [1.807, 2.05) is 0 Å². The van der Waals surface area contributed by atoms with Crippen LogP contribution in [0.2, 0.25) is 0 Å². The molecule has 0 saturated heterocycles. The Morgan fingerprint density at radius 1 is 1.27 bits per heavy atom. The summed E-state index contributed by atoms with van der Waals surface area (Å²) in [7, 11) is 3.35. The van der Waals surface area contributed by atoms with Gasteiger partial charge in [-0.15, -0.1) is 0 Å². The lowest BCUT2D eigenvalue weighted by molar-refractivity contribution is -0.146. The number of carbonyl (C=O) groups excluding carboxylic acids is 2. The van der Waals surface area contributed by atoms with Gasteiger partial charge in [-0.2, -0.15) is 0 Å². The molecule has 5 heteroatoms. The molecule has 15 heavy (non-hydrogen) atoms. The summed E-state index contributed by atoms with van der Waals surface area (Å²) < 4.78 is 4.91. The highest BCUT2D eigenvalue weighted by molar-refractivity contribution is 5.81. The van der Waals surface area contributed by atoms with Gasteiger partial charge in [-0.25, -0.2) is 0 Å². The van der Waals surface area contributed by atoms with Gasteiger partial charge in [0.1, 0.15) is 0 Å². The van der Waals surface area contributed by atoms with Crippen molar-refractivity contribution < 1.29 is 14.3 Å². The first kappa shape index (κ1) is 13.9. The molecule has 0 fully saturated rings. The molecule has 0 aliphatic carbocycles. The fourth-order valence-electron chi connectivity index (χ4n) is 1.02. The summed E-state index contributed by atoms with van der Waals surface area (Å²) >= 11 is 0. The van der Waals surface area contributed by atoms with E-state index in [9.17, 15) is 9.59 Å². The monoisotopic (exact) mass is 216 g/mol. The number of nitrogens with one attached hydrogen (secondary N) is 1. The lowest BCUT2D eigenvalue weighted by atomic mass is 10.3. The molecule has 5 nitrogen and oxygen atoms in total. The average molecular weight is 216 g/mol. The standard InChI is InChI=1S/C10H20N2O3/c1-7(2)15-9(13)6-11-8(3)10(14)12(4)5/h7-8,11H,6H2,1-5H3. The number of hydrogen-bond donors (Lipinski definition) is 1. The Hall–Kier alpha value is -1.10. The Labute approximate surface area is 90.8 Å². The molecule has 0 bridgehead atoms. The van der Waals surface area contributed by atoms with Crippen molar-refractivity contribution in [2.24, 2.45) is 0 Å². The summed E-state index contributed by atoms with van der Waals surface area (Å²) in [4.78, 5) is 24.0. The van der Waals surface area contributed by atoms with Gasteiger partial charge in [-0.05, 0) is 20.8 Å². The van der Waals surface area contributed by atoms with E-state index >= 15 is 0 Å². The topological polar surface area (TPSA) is 58.6 Å². The third-order valence-corrected chi connectivity index (χ3v) is 1.73. The van der Waals surface area contributed by atoms with Gasteiger partial charge in [-0.1, -0.05) is 0 Å². The van der Waals surface area contributed by atoms with E-state index in [4.69, 9.17) is 4.74 Å². The highest BCUT2D eigenvalue weighted by Gasteiger charge is 2.15. The minimum absolute atomic E-state index is 0.0545. The van der Waals surface area contributed by atoms with Crippen LogP contribution in [0.25, 0.3) is 0 Å². The smallest absolute Gasteiger partial charge is 0.320 e. The van der Waals surface area contributed by atoms with Crippen molar-refractivity contribution in [3.8, 4) is 0 Å². The molecule has 1 atom stereocenters. The first-order valence-corrected chi connectivity index (χ1v) is 4.98. The maximum Gasteiger partial charge on any atom is 0.320 e. The van der Waals surface area contributed by atoms with Gasteiger partial charge in [0, 0.05) is 14.1 Å². The van der Waals surface area contributed by atoms with Crippen LogP contribution < -0.4 is 5.32 Å². The van der Waals surface area contributed by atoms with Crippen LogP contribution in [0.3, 0.4) is 0 Å². The Balaban J connectivity index is 3.85. The van der Waals surface area contributed by atoms with Gasteiger partial charge in [0.15, 0.2) is 0 Å². The third-order valence-electron chi connectivity index (χ3n) is 1.73. The van der Waals surface area contributed by atoms with Crippen LogP contribution in [-0.4, -0.2) is 49.6 Å². The van der Waals surface area contributed by atoms with Gasteiger partial charge >= 0.3 is 5.97 Å². The fraction of sp³-hybridized carbons (Fsp3) is 0.800. The van der Waals surface area contributed by atoms with E-state index in [0.29, 0.717) is 0 Å². The highest BCUT2D eigenvalue weighted by Crippen LogP contribution is 1.91. The predicted octanol–water partition coefficient (Wildman–Crippen LogP) is 0.00430. The van der Waals surface area contributed by atoms with Crippen LogP contribution in [0.4, 0.5) is 0 Å². The second-order valence-electron chi connectivity index (χ2n) is 3.87. The number of ether oxygens (including phenoxy) is 1. The van der Waals surface area contributed by atoms with E-state index in [1.165, 1.54) is 4.90 Å². The van der Waals surface area contributed by atoms with Crippen molar-refractivity contribution in [3.63, 3.8) is 0 Å². The summed E-state index contributed by atoms with van der Waals surface area (Å²) in [6.45, 7) is 5.34. The molecule has 0 heterocycles. The molecule has 0 aliphatic heterocycles. The Bertz CT molecular complexity index is 227. The second kappa shape index (κ2) is 6.40. The van der Waals surface area contributed by atoms with Crippen molar-refractivity contribution in [2.45, 2.75) is 32.9 Å². The molecular formula is C10H20N2O3. The van der Waals surface area contributed by atoms with Gasteiger partial charge in [0.05, 0.1) is 18.7 Å². The van der Waals surface area contributed by atoms with Crippen LogP contribution >= 0.6 is 0 Å². The van der Waals surface area contributed by atoms with Crippen molar-refractivity contribution in [2.75, 3.05) is 20.6 Å². The first-order valence-electron chi connectivity index (χ1n) is 4.98. The summed E-state index contributed by atoms with van der Waals surface area (Å²) in [6, 6.07) is -0.375. The first-order chi connectivity index (χ1) is 6.84. The zero-order valence-electron chi connectivity index (χ0n) is 10.0. The molecule has 1 amide bonds. The summed E-state index contributed by atoms with van der Waals surface area (Å²) in [5, 5.41) is 2.80. The molecular weight excluding hydrogens is 196 g/mol. The zero-order chi connectivity index (χ0) is 12.0. The van der Waals surface area contributed by atoms with Crippen molar-refractivity contribution in [1.82, 2.24) is 10.2 Å². The quantitative estimate of drug-likeness (QED) is 0.657. The third kappa shape index (κ3) is 6.06. The maximum atomic E-state index is 11.4. The number of amides is 1. The SMILES string of the molecule is CC(C)OC(=O)CNC(C)C(=O)N(C)C. The van der Waals surface area contributed by atoms with E-state index < -0.39 is 0 Å². The van der Waals surface area contributed by atoms with E-state index in [1.54, 1.807) is 34.9 Å². The minimum atomic E-state index is -0.375. The zero-order valence-corrected chi connectivity index (χ0v) is 10.0. The van der Waals surface area contributed by atoms with E-state index in [-0.39, 0.29) is 30.6 Å². The molecule has 0 radical (unpaired) electrons. The summed E-state index contributed by atoms with van der Waals surface area (Å²) in [5.41, 5.74) is 0. The van der Waals surface area contributed by atoms with E-state index in [0.717, 1.165) is 0 Å². The van der Waals surface area contributed by atoms with E-state index in [2.05, 4.69) is 5.32 Å². The molecule has 0 rings (SSSR count). The molecule has 1 unspecified atom stereocenters. The summed E-state index contributed by atoms with van der Waals surface area (Å²) in [6.07, 6.45) is -0.126. The van der Waals surface area contributed by atoms with Crippen LogP contribution in [0.1, 0.15) is 20.8 Å². The lowest BCUT2D eigenvalue weighted by Crippen LogP contribution is -2.43. The molecule has 0 saturated carbocycles. The van der Waals surface area contributed by atoms with Crippen LogP contribution in [0.15, 0.2) is 0 Å². The molecule has 0 aliphatic rings. The number of likely N-dealkylation sites (N-methyl/N-ethyl adjacent to an activating group) is 1. The van der Waals surface area contributed by atoms with Crippen LogP contribution in [0, 0.1) is 0 Å². The molecule has 88 valence electrons. The number of hydrogen-bond acceptors (Lipinski definition) is 4. The van der Waals surface area contributed by atoms with Crippen LogP contribution in [-0.2, 0) is 14.3 Å². The van der Waals surface area contributed by atoms with Crippen molar-refractivity contribution in [1.29, 1.82) is 0 Å². The fourth-order valence-corrected chi connectivity index (χ4v) is 1.02. The largest absolute Gasteiger partial charge is 0.462 e. The number of carbonyl (C=O) groups is 2. The second-order valence-corrected chi connectivity index (χ2v) is 3.87. The number of esters is 1. The number of rotatable bonds is 5. The Morgan fingerprint density at radius 2 is 1.80 bits per heavy atom. The molecule has 0 aromatic heterocycles. The Kier molecular flexibility index (Phi) is 5.93. The van der Waals surface area contributed by atoms with Gasteiger partial charge < -0.3 is 9.64 Å². The molecule has 1 N–H and O–H groups in total. The normalized spacial score (nSPS) is 12.4. The van der Waals surface area contributed by atoms with Crippen molar-refractivity contribution in [3.05, 3.63) is 0 Å². The maximum absolute atomic E-state index is 11.4. The lowest BCUT2D eigenvalue weighted by Gasteiger charge is -2.17. The minimum Gasteiger partial charge on any atom is -0.462 e. The van der Waals surface area contributed by atoms with Crippen molar-refractivity contribution >= 4 is 11.9 Å². The molecule has 0 spiro atoms.